The van der Waals surface area contributed by atoms with E-state index in [-0.39, 0.29) is 0 Å². The van der Waals surface area contributed by atoms with Gasteiger partial charge in [0.05, 0.1) is 0 Å². The Labute approximate surface area is 114 Å². The van der Waals surface area contributed by atoms with Gasteiger partial charge in [0.1, 0.15) is 0 Å². The van der Waals surface area contributed by atoms with Crippen LogP contribution in [0, 0.1) is 0 Å². The number of rotatable bonds is 1. The van der Waals surface area contributed by atoms with Crippen LogP contribution in [-0.2, 0) is 6.42 Å². The van der Waals surface area contributed by atoms with Crippen LogP contribution in [0.25, 0.3) is 6.08 Å². The molecule has 0 radical (unpaired) electrons. The van der Waals surface area contributed by atoms with E-state index >= 15 is 0 Å². The Morgan fingerprint density at radius 1 is 0.947 bits per heavy atom. The van der Waals surface area contributed by atoms with E-state index in [2.05, 4.69) is 59.9 Å². The summed E-state index contributed by atoms with van der Waals surface area (Å²) in [6.07, 6.45) is 7.04. The van der Waals surface area contributed by atoms with Gasteiger partial charge in [-0.1, -0.05) is 48.6 Å². The van der Waals surface area contributed by atoms with Crippen molar-refractivity contribution < 1.29 is 0 Å². The average Bonchev–Trinajstić information content (AvgIpc) is 2.90. The Balaban J connectivity index is 1.85. The molecule has 1 aliphatic carbocycles. The first-order valence-corrected chi connectivity index (χ1v) is 7.06. The maximum atomic E-state index is 3.53. The minimum absolute atomic E-state index is 0.436. The van der Waals surface area contributed by atoms with Crippen molar-refractivity contribution >= 4 is 11.8 Å². The van der Waals surface area contributed by atoms with Crippen LogP contribution >= 0.6 is 0 Å². The topological polar surface area (TPSA) is 12.0 Å². The molecular formula is C18H17N. The van der Waals surface area contributed by atoms with Gasteiger partial charge in [-0.3, -0.25) is 0 Å². The smallest absolute Gasteiger partial charge is 0.0375 e. The fraction of sp³-hybridized carbons (Fsp3) is 0.222. The molecule has 0 saturated heterocycles. The first-order valence-electron chi connectivity index (χ1n) is 7.06. The van der Waals surface area contributed by atoms with Crippen LogP contribution in [0.3, 0.4) is 0 Å². The second kappa shape index (κ2) is 4.27. The summed E-state index contributed by atoms with van der Waals surface area (Å²) in [4.78, 5) is 0. The molecule has 1 heteroatoms. The fourth-order valence-corrected chi connectivity index (χ4v) is 3.35. The molecule has 1 heterocycles. The zero-order valence-corrected chi connectivity index (χ0v) is 10.9. The van der Waals surface area contributed by atoms with E-state index in [1.165, 1.54) is 40.8 Å². The maximum Gasteiger partial charge on any atom is 0.0375 e. The van der Waals surface area contributed by atoms with E-state index in [0.29, 0.717) is 5.92 Å². The van der Waals surface area contributed by atoms with Gasteiger partial charge in [-0.2, -0.15) is 0 Å². The molecule has 4 rings (SSSR count). The number of fused-ring (bicyclic) bond motifs is 2. The number of anilines is 1. The molecule has 0 fully saturated rings. The highest BCUT2D eigenvalue weighted by Crippen LogP contribution is 2.39. The summed E-state index contributed by atoms with van der Waals surface area (Å²) in [5, 5.41) is 3.53. The minimum atomic E-state index is 0.436. The van der Waals surface area contributed by atoms with Crippen molar-refractivity contribution in [3.63, 3.8) is 0 Å². The first-order chi connectivity index (χ1) is 9.43. The lowest BCUT2D eigenvalue weighted by Crippen LogP contribution is -2.14. The molecule has 1 nitrogen and oxygen atoms in total. The summed E-state index contributed by atoms with van der Waals surface area (Å²) < 4.78 is 0. The molecule has 0 aromatic heterocycles. The summed E-state index contributed by atoms with van der Waals surface area (Å²) in [5.74, 6) is 0.436. The highest BCUT2D eigenvalue weighted by Gasteiger charge is 2.23. The Morgan fingerprint density at radius 3 is 2.84 bits per heavy atom. The van der Waals surface area contributed by atoms with Crippen LogP contribution < -0.4 is 5.32 Å². The van der Waals surface area contributed by atoms with Crippen molar-refractivity contribution in [1.29, 1.82) is 0 Å². The Morgan fingerprint density at radius 2 is 1.84 bits per heavy atom. The molecule has 0 amide bonds. The standard InChI is InChI=1S/C18H17N/c1-2-6-14-13(5-1)10-11-16(14)15-7-3-9-18-17(15)8-4-12-19-18/h1-3,5-7,9-11,16,19H,4,8,12H2. The van der Waals surface area contributed by atoms with Crippen molar-refractivity contribution in [2.45, 2.75) is 18.8 Å². The zero-order valence-electron chi connectivity index (χ0n) is 10.9. The lowest BCUT2D eigenvalue weighted by Gasteiger charge is -2.23. The van der Waals surface area contributed by atoms with Crippen molar-refractivity contribution in [2.24, 2.45) is 0 Å². The predicted molar refractivity (Wildman–Crippen MR) is 80.6 cm³/mol. The second-order valence-electron chi connectivity index (χ2n) is 5.37. The average molecular weight is 247 g/mol. The molecule has 1 unspecified atom stereocenters. The highest BCUT2D eigenvalue weighted by molar-refractivity contribution is 5.68. The van der Waals surface area contributed by atoms with Gasteiger partial charge in [0.2, 0.25) is 0 Å². The van der Waals surface area contributed by atoms with Gasteiger partial charge in [-0.25, -0.2) is 0 Å². The fourth-order valence-electron chi connectivity index (χ4n) is 3.35. The molecule has 94 valence electrons. The monoisotopic (exact) mass is 247 g/mol. The van der Waals surface area contributed by atoms with Gasteiger partial charge >= 0.3 is 0 Å². The maximum absolute atomic E-state index is 3.53. The second-order valence-corrected chi connectivity index (χ2v) is 5.37. The molecule has 1 N–H and O–H groups in total. The summed E-state index contributed by atoms with van der Waals surface area (Å²) in [6.45, 7) is 1.10. The molecule has 2 aliphatic rings. The third-order valence-electron chi connectivity index (χ3n) is 4.27. The molecular weight excluding hydrogens is 230 g/mol. The third-order valence-corrected chi connectivity index (χ3v) is 4.27. The van der Waals surface area contributed by atoms with Crippen LogP contribution in [0.2, 0.25) is 0 Å². The normalized spacial score (nSPS) is 19.7. The van der Waals surface area contributed by atoms with E-state index in [1.54, 1.807) is 0 Å². The number of allylic oxidation sites excluding steroid dienone is 1. The lowest BCUT2D eigenvalue weighted by atomic mass is 9.86. The molecule has 1 aliphatic heterocycles. The van der Waals surface area contributed by atoms with Crippen molar-refractivity contribution in [3.05, 3.63) is 70.8 Å². The van der Waals surface area contributed by atoms with E-state index in [9.17, 15) is 0 Å². The van der Waals surface area contributed by atoms with Gasteiger partial charge in [0.15, 0.2) is 0 Å². The first kappa shape index (κ1) is 10.9. The number of hydrogen-bond donors (Lipinski definition) is 1. The van der Waals surface area contributed by atoms with E-state index in [1.807, 2.05) is 0 Å². The lowest BCUT2D eigenvalue weighted by molar-refractivity contribution is 0.812. The Kier molecular flexibility index (Phi) is 2.44. The van der Waals surface area contributed by atoms with Crippen LogP contribution in [0.5, 0.6) is 0 Å². The third kappa shape index (κ3) is 1.69. The molecule has 1 atom stereocenters. The van der Waals surface area contributed by atoms with Gasteiger partial charge in [-0.05, 0) is 41.2 Å². The Hall–Kier alpha value is -2.02. The largest absolute Gasteiger partial charge is 0.385 e. The number of nitrogens with one attached hydrogen (secondary N) is 1. The molecule has 0 bridgehead atoms. The SMILES string of the molecule is C1=CC(c2cccc3c2CCCN3)c2ccccc21. The van der Waals surface area contributed by atoms with Gasteiger partial charge < -0.3 is 5.32 Å². The van der Waals surface area contributed by atoms with Crippen LogP contribution in [-0.4, -0.2) is 6.54 Å². The highest BCUT2D eigenvalue weighted by atomic mass is 14.9. The minimum Gasteiger partial charge on any atom is -0.385 e. The summed E-state index contributed by atoms with van der Waals surface area (Å²) in [5.41, 5.74) is 7.14. The van der Waals surface area contributed by atoms with Gasteiger partial charge in [-0.15, -0.1) is 0 Å². The van der Waals surface area contributed by atoms with Crippen molar-refractivity contribution in [1.82, 2.24) is 0 Å². The van der Waals surface area contributed by atoms with Gasteiger partial charge in [0.25, 0.3) is 0 Å². The quantitative estimate of drug-likeness (QED) is 0.796. The predicted octanol–water partition coefficient (Wildman–Crippen LogP) is 4.20. The summed E-state index contributed by atoms with van der Waals surface area (Å²) in [7, 11) is 0. The molecule has 19 heavy (non-hydrogen) atoms. The van der Waals surface area contributed by atoms with Crippen molar-refractivity contribution in [3.8, 4) is 0 Å². The molecule has 0 spiro atoms. The number of benzene rings is 2. The van der Waals surface area contributed by atoms with Crippen LogP contribution in [0.4, 0.5) is 5.69 Å². The van der Waals surface area contributed by atoms with E-state index in [4.69, 9.17) is 0 Å². The van der Waals surface area contributed by atoms with Crippen molar-refractivity contribution in [2.75, 3.05) is 11.9 Å². The zero-order chi connectivity index (χ0) is 12.7. The Bertz CT molecular complexity index is 654. The van der Waals surface area contributed by atoms with Crippen LogP contribution in [0.1, 0.15) is 34.6 Å². The number of hydrogen-bond acceptors (Lipinski definition) is 1. The molecule has 0 saturated carbocycles. The van der Waals surface area contributed by atoms with E-state index in [0.717, 1.165) is 6.54 Å². The van der Waals surface area contributed by atoms with E-state index < -0.39 is 0 Å². The summed E-state index contributed by atoms with van der Waals surface area (Å²) >= 11 is 0. The van der Waals surface area contributed by atoms with Crippen LogP contribution in [0.15, 0.2) is 48.5 Å². The molecule has 2 aromatic rings. The molecule has 2 aromatic carbocycles. The van der Waals surface area contributed by atoms with Gasteiger partial charge in [0, 0.05) is 18.2 Å². The summed E-state index contributed by atoms with van der Waals surface area (Å²) in [6, 6.07) is 15.4.